The largest absolute Gasteiger partial charge is 0.383 e. The van der Waals surface area contributed by atoms with Crippen molar-refractivity contribution in [1.82, 2.24) is 4.90 Å². The highest BCUT2D eigenvalue weighted by molar-refractivity contribution is 7.92. The Balaban J connectivity index is 1.65. The lowest BCUT2D eigenvalue weighted by Gasteiger charge is -2.32. The molecule has 0 aromatic heterocycles. The summed E-state index contributed by atoms with van der Waals surface area (Å²) in [7, 11) is -3.69. The van der Waals surface area contributed by atoms with E-state index in [2.05, 4.69) is 0 Å². The van der Waals surface area contributed by atoms with Crippen molar-refractivity contribution in [3.8, 4) is 0 Å². The van der Waals surface area contributed by atoms with Crippen molar-refractivity contribution in [2.45, 2.75) is 50.2 Å². The third kappa shape index (κ3) is 3.65. The highest BCUT2D eigenvalue weighted by Crippen LogP contribution is 2.33. The summed E-state index contributed by atoms with van der Waals surface area (Å²) in [5.41, 5.74) is 3.68. The van der Waals surface area contributed by atoms with E-state index in [0.717, 1.165) is 35.2 Å². The fourth-order valence-electron chi connectivity index (χ4n) is 4.14. The zero-order chi connectivity index (χ0) is 20.6. The van der Waals surface area contributed by atoms with E-state index in [1.165, 1.54) is 4.31 Å². The summed E-state index contributed by atoms with van der Waals surface area (Å²) in [4.78, 5) is 14.2. The number of para-hydroxylation sites is 1. The lowest BCUT2D eigenvalue weighted by Crippen LogP contribution is -2.42. The van der Waals surface area contributed by atoms with Crippen molar-refractivity contribution in [2.24, 2.45) is 0 Å². The van der Waals surface area contributed by atoms with Gasteiger partial charge >= 0.3 is 0 Å². The Labute approximate surface area is 171 Å². The fourth-order valence-corrected chi connectivity index (χ4v) is 5.74. The lowest BCUT2D eigenvalue weighted by molar-refractivity contribution is -0.141. The van der Waals surface area contributed by atoms with Crippen LogP contribution in [0.3, 0.4) is 0 Å². The van der Waals surface area contributed by atoms with Gasteiger partial charge in [0.1, 0.15) is 6.10 Å². The molecule has 0 bridgehead atoms. The van der Waals surface area contributed by atoms with Crippen LogP contribution in [0, 0.1) is 0 Å². The summed E-state index contributed by atoms with van der Waals surface area (Å²) in [5, 5.41) is 9.88. The molecule has 2 aliphatic rings. The fraction of sp³-hybridized carbons (Fsp3) is 0.409. The first-order chi connectivity index (χ1) is 13.9. The molecule has 0 spiro atoms. The van der Waals surface area contributed by atoms with Gasteiger partial charge in [-0.1, -0.05) is 31.2 Å². The third-order valence-corrected chi connectivity index (χ3v) is 7.64. The molecule has 1 atom stereocenters. The second-order valence-electron chi connectivity index (χ2n) is 7.67. The lowest BCUT2D eigenvalue weighted by atomic mass is 9.99. The molecular weight excluding hydrogens is 388 g/mol. The van der Waals surface area contributed by atoms with Gasteiger partial charge in [0.2, 0.25) is 0 Å². The number of hydrogen-bond donors (Lipinski definition) is 1. The highest BCUT2D eigenvalue weighted by atomic mass is 32.2. The van der Waals surface area contributed by atoms with E-state index in [9.17, 15) is 18.3 Å². The minimum atomic E-state index is -3.69. The molecule has 0 saturated heterocycles. The number of aryl methyl sites for hydroxylation is 1. The number of nitrogens with zero attached hydrogens (tertiary/aromatic N) is 2. The second-order valence-corrected chi connectivity index (χ2v) is 9.54. The monoisotopic (exact) mass is 414 g/mol. The van der Waals surface area contributed by atoms with Crippen LogP contribution in [0.5, 0.6) is 0 Å². The number of anilines is 1. The third-order valence-electron chi connectivity index (χ3n) is 5.83. The number of rotatable bonds is 4. The molecule has 7 heteroatoms. The first-order valence-corrected chi connectivity index (χ1v) is 11.5. The number of benzene rings is 2. The molecule has 4 rings (SSSR count). The van der Waals surface area contributed by atoms with Crippen LogP contribution >= 0.6 is 0 Å². The smallest absolute Gasteiger partial charge is 0.264 e. The quantitative estimate of drug-likeness (QED) is 0.834. The van der Waals surface area contributed by atoms with E-state index in [0.29, 0.717) is 32.5 Å². The maximum Gasteiger partial charge on any atom is 0.264 e. The van der Waals surface area contributed by atoms with Gasteiger partial charge in [-0.05, 0) is 60.6 Å². The van der Waals surface area contributed by atoms with Gasteiger partial charge in [0.25, 0.3) is 15.9 Å². The zero-order valence-corrected chi connectivity index (χ0v) is 17.4. The summed E-state index contributed by atoms with van der Waals surface area (Å²) >= 11 is 0. The average Bonchev–Trinajstić information content (AvgIpc) is 2.76. The Morgan fingerprint density at radius 1 is 1.07 bits per heavy atom. The normalized spacial score (nSPS) is 17.4. The molecule has 2 aromatic carbocycles. The molecule has 0 aliphatic carbocycles. The molecule has 154 valence electrons. The Bertz CT molecular complexity index is 1030. The van der Waals surface area contributed by atoms with Gasteiger partial charge in [0, 0.05) is 19.6 Å². The van der Waals surface area contributed by atoms with Crippen molar-refractivity contribution in [2.75, 3.05) is 17.4 Å². The molecule has 1 N–H and O–H groups in total. The van der Waals surface area contributed by atoms with Gasteiger partial charge in [0.15, 0.2) is 0 Å². The predicted octanol–water partition coefficient (Wildman–Crippen LogP) is 2.48. The van der Waals surface area contributed by atoms with Gasteiger partial charge in [0.05, 0.1) is 10.6 Å². The Morgan fingerprint density at radius 2 is 1.86 bits per heavy atom. The van der Waals surface area contributed by atoms with Crippen molar-refractivity contribution < 1.29 is 18.3 Å². The number of amides is 1. The van der Waals surface area contributed by atoms with Crippen LogP contribution in [0.1, 0.15) is 36.5 Å². The molecule has 2 aliphatic heterocycles. The Kier molecular flexibility index (Phi) is 5.36. The molecule has 0 fully saturated rings. The predicted molar refractivity (Wildman–Crippen MR) is 111 cm³/mol. The summed E-state index contributed by atoms with van der Waals surface area (Å²) in [6.45, 7) is 3.09. The van der Waals surface area contributed by atoms with Crippen LogP contribution in [0.15, 0.2) is 47.4 Å². The van der Waals surface area contributed by atoms with E-state index in [4.69, 9.17) is 0 Å². The topological polar surface area (TPSA) is 77.9 Å². The maximum absolute atomic E-state index is 13.4. The minimum Gasteiger partial charge on any atom is -0.383 e. The van der Waals surface area contributed by atoms with Crippen LogP contribution in [0.4, 0.5) is 5.69 Å². The van der Waals surface area contributed by atoms with E-state index >= 15 is 0 Å². The van der Waals surface area contributed by atoms with Crippen molar-refractivity contribution in [1.29, 1.82) is 0 Å². The molecule has 29 heavy (non-hydrogen) atoms. The SMILES string of the molecule is CC[C@@H](O)C(=O)N1CCc2ccc(S(=O)(=O)N3CCCc4ccccc43)cc2C1. The van der Waals surface area contributed by atoms with Crippen LogP contribution in [0.25, 0.3) is 0 Å². The number of hydrogen-bond acceptors (Lipinski definition) is 4. The van der Waals surface area contributed by atoms with E-state index < -0.39 is 16.1 Å². The number of carbonyl (C=O) groups is 1. The molecule has 1 amide bonds. The van der Waals surface area contributed by atoms with Crippen LogP contribution in [-0.2, 0) is 34.2 Å². The second kappa shape index (κ2) is 7.80. The van der Waals surface area contributed by atoms with Gasteiger partial charge in [-0.25, -0.2) is 8.42 Å². The number of aliphatic hydroxyl groups is 1. The van der Waals surface area contributed by atoms with Gasteiger partial charge < -0.3 is 10.0 Å². The maximum atomic E-state index is 13.4. The van der Waals surface area contributed by atoms with E-state index in [1.807, 2.05) is 30.3 Å². The first kappa shape index (κ1) is 19.9. The van der Waals surface area contributed by atoms with Crippen LogP contribution in [-0.4, -0.2) is 43.5 Å². The van der Waals surface area contributed by atoms with Crippen LogP contribution < -0.4 is 4.31 Å². The Morgan fingerprint density at radius 3 is 2.66 bits per heavy atom. The highest BCUT2D eigenvalue weighted by Gasteiger charge is 2.31. The minimum absolute atomic E-state index is 0.248. The van der Waals surface area contributed by atoms with E-state index in [-0.39, 0.29) is 10.8 Å². The van der Waals surface area contributed by atoms with Crippen molar-refractivity contribution in [3.63, 3.8) is 0 Å². The van der Waals surface area contributed by atoms with Gasteiger partial charge in [-0.2, -0.15) is 0 Å². The number of carbonyl (C=O) groups excluding carboxylic acids is 1. The molecule has 2 aromatic rings. The molecule has 6 nitrogen and oxygen atoms in total. The number of fused-ring (bicyclic) bond motifs is 2. The van der Waals surface area contributed by atoms with Crippen LogP contribution in [0.2, 0.25) is 0 Å². The Hall–Kier alpha value is -2.38. The molecule has 0 saturated carbocycles. The average molecular weight is 415 g/mol. The zero-order valence-electron chi connectivity index (χ0n) is 16.5. The summed E-state index contributed by atoms with van der Waals surface area (Å²) in [6.07, 6.45) is 1.69. The molecule has 2 heterocycles. The van der Waals surface area contributed by atoms with Gasteiger partial charge in [-0.15, -0.1) is 0 Å². The molecule has 0 unspecified atom stereocenters. The van der Waals surface area contributed by atoms with Crippen molar-refractivity contribution >= 4 is 21.6 Å². The standard InChI is InChI=1S/C22H26N2O4S/c1-2-21(25)22(26)23-13-11-16-9-10-19(14-18(16)15-23)29(27,28)24-12-5-7-17-6-3-4-8-20(17)24/h3-4,6,8-10,14,21,25H,2,5,7,11-13,15H2,1H3/t21-/m1/s1. The van der Waals surface area contributed by atoms with Crippen molar-refractivity contribution in [3.05, 3.63) is 59.2 Å². The molecular formula is C22H26N2O4S. The number of aliphatic hydroxyl groups excluding tert-OH is 1. The summed E-state index contributed by atoms with van der Waals surface area (Å²) in [6, 6.07) is 12.9. The summed E-state index contributed by atoms with van der Waals surface area (Å²) in [5.74, 6) is -0.295. The number of sulfonamides is 1. The van der Waals surface area contributed by atoms with Gasteiger partial charge in [-0.3, -0.25) is 9.10 Å². The molecule has 0 radical (unpaired) electrons. The van der Waals surface area contributed by atoms with E-state index in [1.54, 1.807) is 24.0 Å². The first-order valence-electron chi connectivity index (χ1n) is 10.1. The summed E-state index contributed by atoms with van der Waals surface area (Å²) < 4.78 is 28.3.